The van der Waals surface area contributed by atoms with Crippen LogP contribution in [0.2, 0.25) is 5.02 Å². The third-order valence-corrected chi connectivity index (χ3v) is 10.1. The molecular weight excluding hydrogens is 678 g/mol. The number of aliphatic hydroxyl groups is 1. The lowest BCUT2D eigenvalue weighted by Crippen LogP contribution is -2.45. The molecule has 12 heteroatoms. The quantitative estimate of drug-likeness (QED) is 0.116. The fraction of sp³-hybridized carbons (Fsp3) is 0.400. The lowest BCUT2D eigenvalue weighted by molar-refractivity contribution is -0.0617. The smallest absolute Gasteiger partial charge is 0.232 e. The number of nitriles is 1. The minimum atomic E-state index is -0.770. The van der Waals surface area contributed by atoms with Crippen molar-refractivity contribution in [2.24, 2.45) is 5.92 Å². The molecule has 1 saturated heterocycles. The molecule has 0 bridgehead atoms. The van der Waals surface area contributed by atoms with E-state index in [9.17, 15) is 10.4 Å². The summed E-state index contributed by atoms with van der Waals surface area (Å²) in [5, 5.41) is 23.0. The summed E-state index contributed by atoms with van der Waals surface area (Å²) in [5.74, 6) is 1.18. The van der Waals surface area contributed by atoms with Crippen LogP contribution in [-0.4, -0.2) is 74.5 Å². The first-order valence-electron chi connectivity index (χ1n) is 17.7. The Kier molecular flexibility index (Phi) is 12.4. The van der Waals surface area contributed by atoms with Crippen LogP contribution in [0.3, 0.4) is 0 Å². The number of nitrogens with one attached hydrogen (secondary N) is 2. The van der Waals surface area contributed by atoms with Crippen molar-refractivity contribution in [1.82, 2.24) is 30.2 Å². The molecule has 3 atom stereocenters. The number of aromatic nitrogens is 4. The number of nitrogens with zero attached hydrogens (tertiary/aromatic N) is 5. The molecule has 0 spiro atoms. The van der Waals surface area contributed by atoms with Gasteiger partial charge in [0.2, 0.25) is 5.82 Å². The van der Waals surface area contributed by atoms with E-state index in [1.54, 1.807) is 18.6 Å². The summed E-state index contributed by atoms with van der Waals surface area (Å²) in [4.78, 5) is 18.0. The lowest BCUT2D eigenvalue weighted by atomic mass is 9.76. The van der Waals surface area contributed by atoms with Crippen molar-refractivity contribution in [3.05, 3.63) is 118 Å². The zero-order chi connectivity index (χ0) is 36.5. The topological polar surface area (TPSA) is 141 Å². The maximum absolute atomic E-state index is 9.99. The summed E-state index contributed by atoms with van der Waals surface area (Å²) >= 11 is 6.94. The number of β-amino-alcohol motifs (C(OH)–C–C–N with tert-alkyl or cyclic N) is 1. The van der Waals surface area contributed by atoms with Gasteiger partial charge in [-0.15, -0.1) is 0 Å². The van der Waals surface area contributed by atoms with Gasteiger partial charge in [0.15, 0.2) is 0 Å². The number of ether oxygens (including phenoxy) is 3. The predicted octanol–water partition coefficient (Wildman–Crippen LogP) is 6.09. The Labute approximate surface area is 310 Å². The molecule has 272 valence electrons. The van der Waals surface area contributed by atoms with Gasteiger partial charge >= 0.3 is 0 Å². The summed E-state index contributed by atoms with van der Waals surface area (Å²) < 4.78 is 19.8. The molecule has 11 nitrogen and oxygen atoms in total. The van der Waals surface area contributed by atoms with Gasteiger partial charge in [-0.3, -0.25) is 0 Å². The van der Waals surface area contributed by atoms with Gasteiger partial charge in [-0.25, -0.2) is 15.0 Å². The predicted molar refractivity (Wildman–Crippen MR) is 200 cm³/mol. The van der Waals surface area contributed by atoms with Crippen LogP contribution in [0.15, 0.2) is 73.2 Å². The number of aromatic amines is 1. The molecule has 2 aromatic heterocycles. The SMILES string of the molecule is Cc1ccccc1C1=CC=CC(COc2cc(OCc3nc[nH]c3C)c(CNCc3ccnc(C#N)n3)cc2Cl)(OCCCN2CCC(O)C2)[C@@H]1C. The van der Waals surface area contributed by atoms with Crippen LogP contribution in [0.25, 0.3) is 5.57 Å². The van der Waals surface area contributed by atoms with E-state index in [2.05, 4.69) is 86.5 Å². The van der Waals surface area contributed by atoms with E-state index in [0.717, 1.165) is 42.9 Å². The van der Waals surface area contributed by atoms with Gasteiger partial charge in [-0.1, -0.05) is 54.9 Å². The molecule has 2 aliphatic rings. The number of aliphatic hydroxyl groups excluding tert-OH is 1. The third kappa shape index (κ3) is 9.07. The van der Waals surface area contributed by atoms with E-state index in [1.807, 2.05) is 25.1 Å². The van der Waals surface area contributed by atoms with E-state index in [1.165, 1.54) is 16.7 Å². The van der Waals surface area contributed by atoms with Crippen LogP contribution in [0.5, 0.6) is 11.5 Å². The second-order valence-electron chi connectivity index (χ2n) is 13.4. The van der Waals surface area contributed by atoms with Gasteiger partial charge in [0.25, 0.3) is 0 Å². The van der Waals surface area contributed by atoms with Gasteiger partial charge in [0, 0.05) is 68.8 Å². The largest absolute Gasteiger partial charge is 0.489 e. The number of likely N-dealkylation sites (tertiary alicyclic amines) is 1. The molecule has 1 aliphatic heterocycles. The molecule has 0 amide bonds. The molecule has 1 fully saturated rings. The van der Waals surface area contributed by atoms with Crippen molar-refractivity contribution in [3.8, 4) is 17.6 Å². The van der Waals surface area contributed by atoms with Crippen molar-refractivity contribution in [2.75, 3.05) is 32.8 Å². The number of rotatable bonds is 16. The number of hydrogen-bond acceptors (Lipinski definition) is 10. The van der Waals surface area contributed by atoms with Crippen molar-refractivity contribution in [1.29, 1.82) is 5.26 Å². The monoisotopic (exact) mass is 723 g/mol. The number of benzene rings is 2. The minimum Gasteiger partial charge on any atom is -0.489 e. The first-order valence-corrected chi connectivity index (χ1v) is 18.1. The van der Waals surface area contributed by atoms with Crippen LogP contribution < -0.4 is 14.8 Å². The highest BCUT2D eigenvalue weighted by molar-refractivity contribution is 6.32. The molecule has 4 aromatic rings. The van der Waals surface area contributed by atoms with Gasteiger partial charge in [-0.2, -0.15) is 5.26 Å². The normalized spacial score (nSPS) is 20.1. The average Bonchev–Trinajstić information content (AvgIpc) is 3.77. The van der Waals surface area contributed by atoms with Crippen LogP contribution in [-0.2, 0) is 24.4 Å². The Bertz CT molecular complexity index is 1940. The highest BCUT2D eigenvalue weighted by Crippen LogP contribution is 2.41. The van der Waals surface area contributed by atoms with Crippen molar-refractivity contribution < 1.29 is 19.3 Å². The highest BCUT2D eigenvalue weighted by atomic mass is 35.5. The van der Waals surface area contributed by atoms with Crippen LogP contribution in [0.4, 0.5) is 0 Å². The van der Waals surface area contributed by atoms with Crippen molar-refractivity contribution >= 4 is 17.2 Å². The molecule has 3 heterocycles. The Hall–Kier alpha value is -4.57. The number of aryl methyl sites for hydroxylation is 2. The molecule has 1 aliphatic carbocycles. The summed E-state index contributed by atoms with van der Waals surface area (Å²) in [6.07, 6.45) is 11.0. The van der Waals surface area contributed by atoms with E-state index in [-0.39, 0.29) is 31.1 Å². The maximum Gasteiger partial charge on any atom is 0.232 e. The van der Waals surface area contributed by atoms with Gasteiger partial charge < -0.3 is 34.5 Å². The Morgan fingerprint density at radius 1 is 1.13 bits per heavy atom. The molecule has 52 heavy (non-hydrogen) atoms. The lowest BCUT2D eigenvalue weighted by Gasteiger charge is -2.40. The van der Waals surface area contributed by atoms with Gasteiger partial charge in [-0.05, 0) is 61.6 Å². The van der Waals surface area contributed by atoms with Crippen LogP contribution in [0, 0.1) is 31.1 Å². The van der Waals surface area contributed by atoms with Crippen molar-refractivity contribution in [3.63, 3.8) is 0 Å². The number of halogens is 1. The highest BCUT2D eigenvalue weighted by Gasteiger charge is 2.40. The molecule has 6 rings (SSSR count). The minimum absolute atomic E-state index is 0.0313. The second kappa shape index (κ2) is 17.3. The summed E-state index contributed by atoms with van der Waals surface area (Å²) in [6, 6.07) is 15.8. The van der Waals surface area contributed by atoms with E-state index in [4.69, 9.17) is 25.8 Å². The number of hydrogen-bond donors (Lipinski definition) is 3. The van der Waals surface area contributed by atoms with E-state index >= 15 is 0 Å². The maximum atomic E-state index is 9.99. The fourth-order valence-corrected chi connectivity index (χ4v) is 6.98. The number of imidazole rings is 1. The Morgan fingerprint density at radius 3 is 2.77 bits per heavy atom. The Balaban J connectivity index is 1.22. The molecule has 0 saturated carbocycles. The molecule has 0 radical (unpaired) electrons. The standard InChI is InChI=1S/C40H46ClN7O4/c1-27-8-4-5-9-33(27)34-10-6-13-40(28(34)2,52-17-7-15-48-16-12-32(49)23-48)25-51-38-19-37(50-24-36-29(3)45-26-46-36)30(18-35(38)41)21-43-22-31-11-14-44-39(20-42)47-31/h4-6,8-11,13-14,18-19,26,28,32,43,49H,7,12,15-17,21-25H2,1-3H3,(H,45,46)/t28-,32?,40?/m1/s1. The van der Waals surface area contributed by atoms with Crippen molar-refractivity contribution in [2.45, 2.75) is 65.0 Å². The molecular formula is C40H46ClN7O4. The molecule has 3 N–H and O–H groups in total. The first kappa shape index (κ1) is 37.2. The van der Waals surface area contributed by atoms with Crippen LogP contribution >= 0.6 is 11.6 Å². The number of allylic oxidation sites excluding steroid dienone is 2. The fourth-order valence-electron chi connectivity index (χ4n) is 6.74. The zero-order valence-corrected chi connectivity index (χ0v) is 30.7. The summed E-state index contributed by atoms with van der Waals surface area (Å²) in [5.41, 5.74) is 6.05. The zero-order valence-electron chi connectivity index (χ0n) is 29.9. The average molecular weight is 724 g/mol. The van der Waals surface area contributed by atoms with E-state index in [0.29, 0.717) is 48.5 Å². The van der Waals surface area contributed by atoms with Gasteiger partial charge in [0.1, 0.15) is 36.4 Å². The third-order valence-electron chi connectivity index (χ3n) is 9.85. The van der Waals surface area contributed by atoms with E-state index < -0.39 is 5.60 Å². The summed E-state index contributed by atoms with van der Waals surface area (Å²) in [7, 11) is 0. The second-order valence-corrected chi connectivity index (χ2v) is 13.9. The molecule has 2 unspecified atom stereocenters. The Morgan fingerprint density at radius 2 is 2.00 bits per heavy atom. The van der Waals surface area contributed by atoms with Gasteiger partial charge in [0.05, 0.1) is 28.8 Å². The molecule has 2 aromatic carbocycles. The van der Waals surface area contributed by atoms with Crippen LogP contribution in [0.1, 0.15) is 59.4 Å². The summed E-state index contributed by atoms with van der Waals surface area (Å²) in [6.45, 7) is 10.6. The first-order chi connectivity index (χ1) is 25.2. The number of H-pyrrole nitrogens is 1.